The standard InChI is InChI=1S/C17H18ClNOS/c1-3-13-4-8-15(9-5-13)19-17(20)12(2)21-16-10-6-14(18)7-11-16/h4-12H,3H2,1-2H3,(H,19,20)/t12-/m0/s1. The average molecular weight is 320 g/mol. The van der Waals surface area contributed by atoms with Crippen LogP contribution in [0.25, 0.3) is 0 Å². The van der Waals surface area contributed by atoms with Crippen LogP contribution < -0.4 is 5.32 Å². The summed E-state index contributed by atoms with van der Waals surface area (Å²) in [7, 11) is 0. The van der Waals surface area contributed by atoms with Crippen molar-refractivity contribution in [3.05, 3.63) is 59.1 Å². The van der Waals surface area contributed by atoms with Gasteiger partial charge in [-0.1, -0.05) is 30.7 Å². The number of thioether (sulfide) groups is 1. The highest BCUT2D eigenvalue weighted by Gasteiger charge is 2.14. The fraction of sp³-hybridized carbons (Fsp3) is 0.235. The molecule has 0 heterocycles. The van der Waals surface area contributed by atoms with Gasteiger partial charge in [-0.05, 0) is 55.3 Å². The number of hydrogen-bond acceptors (Lipinski definition) is 2. The summed E-state index contributed by atoms with van der Waals surface area (Å²) in [6.07, 6.45) is 0.997. The van der Waals surface area contributed by atoms with Gasteiger partial charge in [0, 0.05) is 15.6 Å². The topological polar surface area (TPSA) is 29.1 Å². The second-order valence-electron chi connectivity index (χ2n) is 4.75. The molecule has 0 saturated carbocycles. The molecule has 2 aromatic rings. The first kappa shape index (κ1) is 15.9. The Hall–Kier alpha value is -1.45. The van der Waals surface area contributed by atoms with Gasteiger partial charge in [-0.15, -0.1) is 11.8 Å². The van der Waals surface area contributed by atoms with E-state index in [4.69, 9.17) is 11.6 Å². The van der Waals surface area contributed by atoms with Crippen molar-refractivity contribution in [2.45, 2.75) is 30.4 Å². The molecule has 110 valence electrons. The van der Waals surface area contributed by atoms with Crippen molar-refractivity contribution in [3.63, 3.8) is 0 Å². The normalized spacial score (nSPS) is 12.0. The smallest absolute Gasteiger partial charge is 0.237 e. The van der Waals surface area contributed by atoms with Crippen molar-refractivity contribution in [1.82, 2.24) is 0 Å². The summed E-state index contributed by atoms with van der Waals surface area (Å²) in [6.45, 7) is 4.01. The Labute approximate surface area is 134 Å². The lowest BCUT2D eigenvalue weighted by Crippen LogP contribution is -2.22. The predicted molar refractivity (Wildman–Crippen MR) is 91.2 cm³/mol. The van der Waals surface area contributed by atoms with Crippen molar-refractivity contribution in [3.8, 4) is 0 Å². The van der Waals surface area contributed by atoms with Gasteiger partial charge >= 0.3 is 0 Å². The summed E-state index contributed by atoms with van der Waals surface area (Å²) < 4.78 is 0. The van der Waals surface area contributed by atoms with Gasteiger partial charge in [0.05, 0.1) is 5.25 Å². The Morgan fingerprint density at radius 1 is 1.14 bits per heavy atom. The Morgan fingerprint density at radius 2 is 1.76 bits per heavy atom. The molecule has 0 aromatic heterocycles. The van der Waals surface area contributed by atoms with Gasteiger partial charge < -0.3 is 5.32 Å². The molecule has 0 unspecified atom stereocenters. The molecular weight excluding hydrogens is 302 g/mol. The molecule has 0 spiro atoms. The van der Waals surface area contributed by atoms with Crippen LogP contribution in [0.3, 0.4) is 0 Å². The first-order valence-electron chi connectivity index (χ1n) is 6.90. The SMILES string of the molecule is CCc1ccc(NC(=O)[C@H](C)Sc2ccc(Cl)cc2)cc1. The maximum absolute atomic E-state index is 12.2. The molecule has 0 aliphatic carbocycles. The molecule has 0 aliphatic rings. The number of carbonyl (C=O) groups excluding carboxylic acids is 1. The van der Waals surface area contributed by atoms with Crippen LogP contribution in [0.2, 0.25) is 5.02 Å². The van der Waals surface area contributed by atoms with Gasteiger partial charge in [-0.25, -0.2) is 0 Å². The van der Waals surface area contributed by atoms with E-state index in [1.807, 2.05) is 55.5 Å². The first-order valence-corrected chi connectivity index (χ1v) is 8.16. The largest absolute Gasteiger partial charge is 0.325 e. The number of benzene rings is 2. The summed E-state index contributed by atoms with van der Waals surface area (Å²) in [5.41, 5.74) is 2.09. The van der Waals surface area contributed by atoms with Crippen molar-refractivity contribution >= 4 is 35.0 Å². The first-order chi connectivity index (χ1) is 10.1. The third-order valence-corrected chi connectivity index (χ3v) is 4.49. The molecule has 21 heavy (non-hydrogen) atoms. The molecule has 1 N–H and O–H groups in total. The van der Waals surface area contributed by atoms with E-state index in [2.05, 4.69) is 12.2 Å². The molecule has 2 nitrogen and oxygen atoms in total. The molecular formula is C17H18ClNOS. The van der Waals surface area contributed by atoms with Gasteiger partial charge in [0.1, 0.15) is 0 Å². The number of anilines is 1. The number of hydrogen-bond donors (Lipinski definition) is 1. The highest BCUT2D eigenvalue weighted by Crippen LogP contribution is 2.25. The number of nitrogens with one attached hydrogen (secondary N) is 1. The van der Waals surface area contributed by atoms with Crippen LogP contribution in [-0.4, -0.2) is 11.2 Å². The molecule has 0 radical (unpaired) electrons. The van der Waals surface area contributed by atoms with E-state index in [-0.39, 0.29) is 11.2 Å². The molecule has 1 atom stereocenters. The maximum atomic E-state index is 12.2. The number of carbonyl (C=O) groups is 1. The zero-order chi connectivity index (χ0) is 15.2. The highest BCUT2D eigenvalue weighted by molar-refractivity contribution is 8.00. The van der Waals surface area contributed by atoms with Crippen LogP contribution in [0, 0.1) is 0 Å². The monoisotopic (exact) mass is 319 g/mol. The minimum absolute atomic E-state index is 0.000742. The van der Waals surface area contributed by atoms with E-state index in [1.165, 1.54) is 17.3 Å². The second-order valence-corrected chi connectivity index (χ2v) is 6.60. The van der Waals surface area contributed by atoms with E-state index in [1.54, 1.807) is 0 Å². The van der Waals surface area contributed by atoms with E-state index < -0.39 is 0 Å². The summed E-state index contributed by atoms with van der Waals surface area (Å²) in [5.74, 6) is -0.000742. The lowest BCUT2D eigenvalue weighted by atomic mass is 10.1. The minimum Gasteiger partial charge on any atom is -0.325 e. The fourth-order valence-corrected chi connectivity index (χ4v) is 2.83. The second kappa shape index (κ2) is 7.53. The molecule has 0 bridgehead atoms. The van der Waals surface area contributed by atoms with E-state index in [0.717, 1.165) is 17.0 Å². The van der Waals surface area contributed by atoms with E-state index >= 15 is 0 Å². The van der Waals surface area contributed by atoms with Gasteiger partial charge in [-0.2, -0.15) is 0 Å². The lowest BCUT2D eigenvalue weighted by molar-refractivity contribution is -0.115. The van der Waals surface area contributed by atoms with E-state index in [9.17, 15) is 4.79 Å². The van der Waals surface area contributed by atoms with E-state index in [0.29, 0.717) is 5.02 Å². The predicted octanol–water partition coefficient (Wildman–Crippen LogP) is 5.02. The Kier molecular flexibility index (Phi) is 5.71. The van der Waals surface area contributed by atoms with Crippen molar-refractivity contribution < 1.29 is 4.79 Å². The third-order valence-electron chi connectivity index (χ3n) is 3.13. The van der Waals surface area contributed by atoms with Crippen LogP contribution in [0.15, 0.2) is 53.4 Å². The highest BCUT2D eigenvalue weighted by atomic mass is 35.5. The van der Waals surface area contributed by atoms with Crippen molar-refractivity contribution in [1.29, 1.82) is 0 Å². The molecule has 4 heteroatoms. The maximum Gasteiger partial charge on any atom is 0.237 e. The zero-order valence-corrected chi connectivity index (χ0v) is 13.7. The zero-order valence-electron chi connectivity index (χ0n) is 12.1. The van der Waals surface area contributed by atoms with Crippen LogP contribution in [0.4, 0.5) is 5.69 Å². The average Bonchev–Trinajstić information content (AvgIpc) is 2.50. The van der Waals surface area contributed by atoms with Gasteiger partial charge in [-0.3, -0.25) is 4.79 Å². The Balaban J connectivity index is 1.93. The number of rotatable bonds is 5. The molecule has 0 saturated heterocycles. The van der Waals surface area contributed by atoms with Gasteiger partial charge in [0.15, 0.2) is 0 Å². The number of halogens is 1. The summed E-state index contributed by atoms with van der Waals surface area (Å²) in [4.78, 5) is 13.2. The summed E-state index contributed by atoms with van der Waals surface area (Å²) >= 11 is 7.37. The Morgan fingerprint density at radius 3 is 2.33 bits per heavy atom. The molecule has 2 aromatic carbocycles. The van der Waals surface area contributed by atoms with Gasteiger partial charge in [0.25, 0.3) is 0 Å². The van der Waals surface area contributed by atoms with Gasteiger partial charge in [0.2, 0.25) is 5.91 Å². The van der Waals surface area contributed by atoms with Crippen molar-refractivity contribution in [2.75, 3.05) is 5.32 Å². The van der Waals surface area contributed by atoms with Crippen LogP contribution in [0.5, 0.6) is 0 Å². The molecule has 1 amide bonds. The molecule has 0 fully saturated rings. The fourth-order valence-electron chi connectivity index (χ4n) is 1.84. The Bertz CT molecular complexity index is 595. The number of aryl methyl sites for hydroxylation is 1. The summed E-state index contributed by atoms with van der Waals surface area (Å²) in [5, 5.41) is 3.47. The molecule has 0 aliphatic heterocycles. The molecule has 2 rings (SSSR count). The quantitative estimate of drug-likeness (QED) is 0.784. The van der Waals surface area contributed by atoms with Crippen LogP contribution >= 0.6 is 23.4 Å². The number of amides is 1. The van der Waals surface area contributed by atoms with Crippen LogP contribution in [-0.2, 0) is 11.2 Å². The van der Waals surface area contributed by atoms with Crippen LogP contribution in [0.1, 0.15) is 19.4 Å². The minimum atomic E-state index is -0.169. The lowest BCUT2D eigenvalue weighted by Gasteiger charge is -2.12. The summed E-state index contributed by atoms with van der Waals surface area (Å²) in [6, 6.07) is 15.5. The third kappa shape index (κ3) is 4.80. The van der Waals surface area contributed by atoms with Crippen molar-refractivity contribution in [2.24, 2.45) is 0 Å².